The van der Waals surface area contributed by atoms with Gasteiger partial charge in [-0.05, 0) is 25.6 Å². The fourth-order valence-electron chi connectivity index (χ4n) is 2.25. The first-order valence-corrected chi connectivity index (χ1v) is 8.44. The summed E-state index contributed by atoms with van der Waals surface area (Å²) in [4.78, 5) is 6.65. The number of pyridine rings is 1. The average molecular weight is 298 g/mol. The molecule has 0 saturated carbocycles. The summed E-state index contributed by atoms with van der Waals surface area (Å²) in [6, 6.07) is 3.32. The summed E-state index contributed by atoms with van der Waals surface area (Å²) in [5.41, 5.74) is 0. The maximum Gasteiger partial charge on any atom is 0.244 e. The van der Waals surface area contributed by atoms with Crippen molar-refractivity contribution >= 4 is 15.8 Å². The molecular formula is C13H22N4O2S. The second-order valence-electron chi connectivity index (χ2n) is 4.75. The van der Waals surface area contributed by atoms with Crippen LogP contribution in [0.4, 0.5) is 5.82 Å². The summed E-state index contributed by atoms with van der Waals surface area (Å²) in [6.07, 6.45) is 1.43. The molecule has 112 valence electrons. The van der Waals surface area contributed by atoms with E-state index in [4.69, 9.17) is 0 Å². The molecule has 1 fully saturated rings. The maximum absolute atomic E-state index is 12.5. The molecule has 0 unspecified atom stereocenters. The van der Waals surface area contributed by atoms with E-state index >= 15 is 0 Å². The van der Waals surface area contributed by atoms with E-state index in [2.05, 4.69) is 22.1 Å². The van der Waals surface area contributed by atoms with E-state index in [0.717, 1.165) is 26.2 Å². The van der Waals surface area contributed by atoms with Crippen molar-refractivity contribution in [2.24, 2.45) is 0 Å². The quantitative estimate of drug-likeness (QED) is 0.872. The average Bonchev–Trinajstić information content (AvgIpc) is 2.48. The van der Waals surface area contributed by atoms with E-state index in [1.54, 1.807) is 16.4 Å². The molecule has 1 aromatic rings. The number of nitrogens with one attached hydrogen (secondary N) is 1. The number of hydrogen-bond donors (Lipinski definition) is 1. The number of nitrogens with zero attached hydrogens (tertiary/aromatic N) is 3. The summed E-state index contributed by atoms with van der Waals surface area (Å²) in [5, 5.41) is 3.05. The van der Waals surface area contributed by atoms with E-state index < -0.39 is 10.0 Å². The third-order valence-electron chi connectivity index (χ3n) is 3.51. The molecule has 1 aliphatic heterocycles. The van der Waals surface area contributed by atoms with E-state index in [1.807, 2.05) is 6.92 Å². The lowest BCUT2D eigenvalue weighted by Gasteiger charge is -2.33. The van der Waals surface area contributed by atoms with Gasteiger partial charge in [-0.3, -0.25) is 0 Å². The zero-order chi connectivity index (χ0) is 14.6. The fourth-order valence-corrected chi connectivity index (χ4v) is 3.62. The molecule has 0 aromatic carbocycles. The van der Waals surface area contributed by atoms with Crippen LogP contribution in [0.25, 0.3) is 0 Å². The van der Waals surface area contributed by atoms with Crippen LogP contribution < -0.4 is 5.32 Å². The van der Waals surface area contributed by atoms with E-state index in [1.165, 1.54) is 6.20 Å². The van der Waals surface area contributed by atoms with E-state index in [9.17, 15) is 8.42 Å². The normalized spacial score (nSPS) is 18.1. The predicted molar refractivity (Wildman–Crippen MR) is 79.3 cm³/mol. The highest BCUT2D eigenvalue weighted by Gasteiger charge is 2.28. The summed E-state index contributed by atoms with van der Waals surface area (Å²) in [7, 11) is -3.41. The van der Waals surface area contributed by atoms with Crippen LogP contribution >= 0.6 is 0 Å². The summed E-state index contributed by atoms with van der Waals surface area (Å²) in [5.74, 6) is 0.697. The number of piperazine rings is 1. The smallest absolute Gasteiger partial charge is 0.244 e. The molecule has 0 bridgehead atoms. The third-order valence-corrected chi connectivity index (χ3v) is 5.39. The van der Waals surface area contributed by atoms with Crippen LogP contribution in [0.2, 0.25) is 0 Å². The lowest BCUT2D eigenvalue weighted by molar-refractivity contribution is 0.196. The van der Waals surface area contributed by atoms with Gasteiger partial charge in [0.05, 0.1) is 0 Å². The minimum absolute atomic E-state index is 0.268. The van der Waals surface area contributed by atoms with Crippen molar-refractivity contribution in [1.29, 1.82) is 0 Å². The Morgan fingerprint density at radius 3 is 2.40 bits per heavy atom. The van der Waals surface area contributed by atoms with Crippen LogP contribution in [-0.4, -0.2) is 61.9 Å². The first-order chi connectivity index (χ1) is 9.57. The largest absolute Gasteiger partial charge is 0.370 e. The first kappa shape index (κ1) is 15.2. The summed E-state index contributed by atoms with van der Waals surface area (Å²) >= 11 is 0. The number of anilines is 1. The number of rotatable bonds is 5. The molecule has 1 aromatic heterocycles. The molecule has 1 aliphatic rings. The lowest BCUT2D eigenvalue weighted by Crippen LogP contribution is -2.48. The monoisotopic (exact) mass is 298 g/mol. The molecule has 1 saturated heterocycles. The lowest BCUT2D eigenvalue weighted by atomic mass is 10.4. The maximum atomic E-state index is 12.5. The molecule has 6 nitrogen and oxygen atoms in total. The van der Waals surface area contributed by atoms with E-state index in [-0.39, 0.29) is 4.90 Å². The molecule has 2 rings (SSSR count). The number of aromatic nitrogens is 1. The van der Waals surface area contributed by atoms with Gasteiger partial charge in [-0.15, -0.1) is 0 Å². The van der Waals surface area contributed by atoms with Crippen LogP contribution in [0.15, 0.2) is 23.2 Å². The predicted octanol–water partition coefficient (Wildman–Crippen LogP) is 0.840. The number of likely N-dealkylation sites (N-methyl/N-ethyl adjacent to an activating group) is 1. The highest BCUT2D eigenvalue weighted by Crippen LogP contribution is 2.18. The standard InChI is InChI=1S/C13H22N4O2S/c1-3-14-13-6-5-12(11-15-13)20(18,19)17-9-7-16(4-2)8-10-17/h5-6,11H,3-4,7-10H2,1-2H3,(H,14,15). The minimum Gasteiger partial charge on any atom is -0.370 e. The summed E-state index contributed by atoms with van der Waals surface area (Å²) < 4.78 is 26.5. The van der Waals surface area contributed by atoms with Crippen LogP contribution in [0, 0.1) is 0 Å². The van der Waals surface area contributed by atoms with E-state index in [0.29, 0.717) is 18.9 Å². The highest BCUT2D eigenvalue weighted by molar-refractivity contribution is 7.89. The van der Waals surface area contributed by atoms with Crippen molar-refractivity contribution in [3.05, 3.63) is 18.3 Å². The van der Waals surface area contributed by atoms with Gasteiger partial charge in [0.2, 0.25) is 10.0 Å². The van der Waals surface area contributed by atoms with Crippen molar-refractivity contribution in [3.8, 4) is 0 Å². The van der Waals surface area contributed by atoms with Crippen LogP contribution in [0.5, 0.6) is 0 Å². The molecule has 0 radical (unpaired) electrons. The Bertz CT molecular complexity index is 522. The highest BCUT2D eigenvalue weighted by atomic mass is 32.2. The Morgan fingerprint density at radius 2 is 1.90 bits per heavy atom. The van der Waals surface area contributed by atoms with Gasteiger partial charge in [-0.2, -0.15) is 4.31 Å². The minimum atomic E-state index is -3.41. The first-order valence-electron chi connectivity index (χ1n) is 7.00. The van der Waals surface area contributed by atoms with Crippen LogP contribution in [0.3, 0.4) is 0 Å². The van der Waals surface area contributed by atoms with Crippen molar-refractivity contribution < 1.29 is 8.42 Å². The van der Waals surface area contributed by atoms with Gasteiger partial charge in [0, 0.05) is 38.9 Å². The Kier molecular flexibility index (Phi) is 4.95. The van der Waals surface area contributed by atoms with Gasteiger partial charge in [0.1, 0.15) is 10.7 Å². The second-order valence-corrected chi connectivity index (χ2v) is 6.69. The molecule has 0 spiro atoms. The molecule has 7 heteroatoms. The summed E-state index contributed by atoms with van der Waals surface area (Å²) in [6.45, 7) is 8.46. The Hall–Kier alpha value is -1.18. The Morgan fingerprint density at radius 1 is 1.20 bits per heavy atom. The van der Waals surface area contributed by atoms with Crippen molar-refractivity contribution in [1.82, 2.24) is 14.2 Å². The van der Waals surface area contributed by atoms with Crippen molar-refractivity contribution in [2.45, 2.75) is 18.7 Å². The molecule has 2 heterocycles. The Labute approximate surface area is 120 Å². The van der Waals surface area contributed by atoms with Gasteiger partial charge < -0.3 is 10.2 Å². The third kappa shape index (κ3) is 3.28. The van der Waals surface area contributed by atoms with Crippen molar-refractivity contribution in [2.75, 3.05) is 44.6 Å². The number of hydrogen-bond acceptors (Lipinski definition) is 5. The zero-order valence-corrected chi connectivity index (χ0v) is 12.9. The van der Waals surface area contributed by atoms with Gasteiger partial charge in [-0.25, -0.2) is 13.4 Å². The second kappa shape index (κ2) is 6.51. The molecule has 0 atom stereocenters. The molecular weight excluding hydrogens is 276 g/mol. The fraction of sp³-hybridized carbons (Fsp3) is 0.615. The molecule has 1 N–H and O–H groups in total. The van der Waals surface area contributed by atoms with Gasteiger partial charge in [-0.1, -0.05) is 6.92 Å². The number of sulfonamides is 1. The SMILES string of the molecule is CCNc1ccc(S(=O)(=O)N2CCN(CC)CC2)cn1. The molecule has 0 aliphatic carbocycles. The van der Waals surface area contributed by atoms with Gasteiger partial charge in [0.15, 0.2) is 0 Å². The van der Waals surface area contributed by atoms with Gasteiger partial charge >= 0.3 is 0 Å². The van der Waals surface area contributed by atoms with Crippen molar-refractivity contribution in [3.63, 3.8) is 0 Å². The Balaban J connectivity index is 2.10. The molecule has 20 heavy (non-hydrogen) atoms. The topological polar surface area (TPSA) is 65.5 Å². The van der Waals surface area contributed by atoms with Crippen LogP contribution in [-0.2, 0) is 10.0 Å². The zero-order valence-electron chi connectivity index (χ0n) is 12.0. The van der Waals surface area contributed by atoms with Crippen LogP contribution in [0.1, 0.15) is 13.8 Å². The molecule has 0 amide bonds. The van der Waals surface area contributed by atoms with Gasteiger partial charge in [0.25, 0.3) is 0 Å².